The molecule has 0 amide bonds. The summed E-state index contributed by atoms with van der Waals surface area (Å²) in [6, 6.07) is 4.28. The molecule has 1 aliphatic heterocycles. The van der Waals surface area contributed by atoms with Gasteiger partial charge in [0.1, 0.15) is 6.04 Å². The molecule has 1 heterocycles. The number of benzene rings is 1. The standard InChI is InChI=1S/C20H29FN2O3/c1-26-18-9-8-15(14-17(18)21)19(20(24)25)23-11-5-10-22(12-13-23)16-6-3-2-4-7-16/h8-9,14,16,19H,2-7,10-13H2,1H3,(H,24,25). The van der Waals surface area contributed by atoms with E-state index in [9.17, 15) is 14.3 Å². The first kappa shape index (κ1) is 19.1. The van der Waals surface area contributed by atoms with E-state index in [1.54, 1.807) is 6.07 Å². The van der Waals surface area contributed by atoms with Gasteiger partial charge in [-0.2, -0.15) is 0 Å². The Morgan fingerprint density at radius 3 is 2.58 bits per heavy atom. The summed E-state index contributed by atoms with van der Waals surface area (Å²) in [5.41, 5.74) is 0.474. The largest absolute Gasteiger partial charge is 0.494 e. The maximum atomic E-state index is 14.1. The lowest BCUT2D eigenvalue weighted by Gasteiger charge is -2.34. The summed E-state index contributed by atoms with van der Waals surface area (Å²) in [5, 5.41) is 9.79. The Labute approximate surface area is 154 Å². The Morgan fingerprint density at radius 2 is 1.92 bits per heavy atom. The number of hydrogen-bond acceptors (Lipinski definition) is 4. The van der Waals surface area contributed by atoms with Crippen molar-refractivity contribution in [2.24, 2.45) is 0 Å². The van der Waals surface area contributed by atoms with Gasteiger partial charge >= 0.3 is 5.97 Å². The molecular formula is C20H29FN2O3. The Balaban J connectivity index is 1.72. The van der Waals surface area contributed by atoms with E-state index in [2.05, 4.69) is 4.90 Å². The zero-order chi connectivity index (χ0) is 18.5. The molecule has 1 aromatic rings. The van der Waals surface area contributed by atoms with Gasteiger partial charge in [0.25, 0.3) is 0 Å². The highest BCUT2D eigenvalue weighted by Gasteiger charge is 2.31. The third-order valence-electron chi connectivity index (χ3n) is 5.75. The number of aliphatic carboxylic acids is 1. The summed E-state index contributed by atoms with van der Waals surface area (Å²) in [6.45, 7) is 3.31. The number of carboxylic acids is 1. The van der Waals surface area contributed by atoms with Gasteiger partial charge < -0.3 is 9.84 Å². The molecule has 1 saturated carbocycles. The Morgan fingerprint density at radius 1 is 1.15 bits per heavy atom. The van der Waals surface area contributed by atoms with Crippen LogP contribution in [0.3, 0.4) is 0 Å². The molecule has 1 aromatic carbocycles. The van der Waals surface area contributed by atoms with Crippen LogP contribution in [0.25, 0.3) is 0 Å². The SMILES string of the molecule is COc1ccc(C(C(=O)O)N2CCCN(C3CCCCC3)CC2)cc1F. The molecule has 1 aliphatic carbocycles. The van der Waals surface area contributed by atoms with E-state index < -0.39 is 17.8 Å². The minimum Gasteiger partial charge on any atom is -0.494 e. The van der Waals surface area contributed by atoms with E-state index in [4.69, 9.17) is 4.74 Å². The van der Waals surface area contributed by atoms with Crippen molar-refractivity contribution in [3.8, 4) is 5.75 Å². The zero-order valence-corrected chi connectivity index (χ0v) is 15.5. The van der Waals surface area contributed by atoms with Crippen molar-refractivity contribution in [3.05, 3.63) is 29.6 Å². The van der Waals surface area contributed by atoms with E-state index in [1.807, 2.05) is 4.90 Å². The molecule has 2 aliphatic rings. The van der Waals surface area contributed by atoms with Crippen LogP contribution in [0.15, 0.2) is 18.2 Å². The average molecular weight is 364 g/mol. The number of carboxylic acid groups (broad SMARTS) is 1. The number of carbonyl (C=O) groups is 1. The smallest absolute Gasteiger partial charge is 0.325 e. The first-order valence-corrected chi connectivity index (χ1v) is 9.64. The van der Waals surface area contributed by atoms with E-state index in [0.717, 1.165) is 19.5 Å². The lowest BCUT2D eigenvalue weighted by Crippen LogP contribution is -2.41. The average Bonchev–Trinajstić information content (AvgIpc) is 2.89. The van der Waals surface area contributed by atoms with Crippen LogP contribution >= 0.6 is 0 Å². The Bertz CT molecular complexity index is 619. The fourth-order valence-corrected chi connectivity index (χ4v) is 4.39. The van der Waals surface area contributed by atoms with Crippen molar-refractivity contribution in [1.29, 1.82) is 0 Å². The molecule has 0 radical (unpaired) electrons. The summed E-state index contributed by atoms with van der Waals surface area (Å²) in [4.78, 5) is 16.5. The van der Waals surface area contributed by atoms with Gasteiger partial charge in [-0.05, 0) is 43.5 Å². The van der Waals surface area contributed by atoms with E-state index >= 15 is 0 Å². The van der Waals surface area contributed by atoms with Crippen molar-refractivity contribution in [2.45, 2.75) is 50.6 Å². The molecule has 144 valence electrons. The van der Waals surface area contributed by atoms with Crippen LogP contribution in [0, 0.1) is 5.82 Å². The highest BCUT2D eigenvalue weighted by Crippen LogP contribution is 2.28. The Kier molecular flexibility index (Phi) is 6.48. The molecule has 1 N–H and O–H groups in total. The van der Waals surface area contributed by atoms with E-state index in [1.165, 1.54) is 51.3 Å². The van der Waals surface area contributed by atoms with Crippen molar-refractivity contribution in [3.63, 3.8) is 0 Å². The molecule has 2 fully saturated rings. The molecule has 3 rings (SSSR count). The summed E-state index contributed by atoms with van der Waals surface area (Å²) in [6.07, 6.45) is 7.39. The summed E-state index contributed by atoms with van der Waals surface area (Å²) in [5.74, 6) is -1.31. The Hall–Kier alpha value is -1.66. The first-order valence-electron chi connectivity index (χ1n) is 9.64. The molecule has 1 unspecified atom stereocenters. The predicted octanol–water partition coefficient (Wildman–Crippen LogP) is 3.30. The van der Waals surface area contributed by atoms with Gasteiger partial charge in [-0.25, -0.2) is 4.39 Å². The third kappa shape index (κ3) is 4.35. The number of ether oxygens (including phenoxy) is 1. The monoisotopic (exact) mass is 364 g/mol. The molecule has 0 aromatic heterocycles. The molecule has 6 heteroatoms. The minimum atomic E-state index is -0.930. The van der Waals surface area contributed by atoms with Gasteiger partial charge in [0.15, 0.2) is 11.6 Å². The number of hydrogen-bond donors (Lipinski definition) is 1. The highest BCUT2D eigenvalue weighted by molar-refractivity contribution is 5.75. The van der Waals surface area contributed by atoms with Crippen molar-refractivity contribution in [2.75, 3.05) is 33.3 Å². The van der Waals surface area contributed by atoms with E-state index in [-0.39, 0.29) is 5.75 Å². The zero-order valence-electron chi connectivity index (χ0n) is 15.5. The molecular weight excluding hydrogens is 335 g/mol. The fraction of sp³-hybridized carbons (Fsp3) is 0.650. The predicted molar refractivity (Wildman–Crippen MR) is 98.0 cm³/mol. The maximum Gasteiger partial charge on any atom is 0.325 e. The maximum absolute atomic E-state index is 14.1. The second kappa shape index (κ2) is 8.82. The number of methoxy groups -OCH3 is 1. The summed E-state index contributed by atoms with van der Waals surface area (Å²) in [7, 11) is 1.40. The van der Waals surface area contributed by atoms with Gasteiger partial charge in [-0.1, -0.05) is 25.3 Å². The van der Waals surface area contributed by atoms with Crippen LogP contribution in [0.1, 0.15) is 50.1 Å². The minimum absolute atomic E-state index is 0.136. The molecule has 0 spiro atoms. The number of nitrogens with zero attached hydrogens (tertiary/aromatic N) is 2. The number of halogens is 1. The van der Waals surface area contributed by atoms with Crippen molar-refractivity contribution >= 4 is 5.97 Å². The van der Waals surface area contributed by atoms with Crippen molar-refractivity contribution < 1.29 is 19.0 Å². The topological polar surface area (TPSA) is 53.0 Å². The summed E-state index contributed by atoms with van der Waals surface area (Å²) < 4.78 is 19.0. The van der Waals surface area contributed by atoms with Gasteiger partial charge in [-0.3, -0.25) is 14.6 Å². The lowest BCUT2D eigenvalue weighted by atomic mass is 9.94. The van der Waals surface area contributed by atoms with Crippen LogP contribution in [-0.4, -0.2) is 60.2 Å². The fourth-order valence-electron chi connectivity index (χ4n) is 4.39. The molecule has 0 bridgehead atoms. The number of rotatable bonds is 5. The highest BCUT2D eigenvalue weighted by atomic mass is 19.1. The van der Waals surface area contributed by atoms with Crippen LogP contribution in [-0.2, 0) is 4.79 Å². The second-order valence-corrected chi connectivity index (χ2v) is 7.35. The summed E-state index contributed by atoms with van der Waals surface area (Å²) >= 11 is 0. The van der Waals surface area contributed by atoms with Crippen molar-refractivity contribution in [1.82, 2.24) is 9.80 Å². The van der Waals surface area contributed by atoms with Gasteiger partial charge in [0.2, 0.25) is 0 Å². The normalized spacial score (nSPS) is 21.9. The molecule has 1 atom stereocenters. The molecule has 26 heavy (non-hydrogen) atoms. The lowest BCUT2D eigenvalue weighted by molar-refractivity contribution is -0.143. The van der Waals surface area contributed by atoms with Crippen LogP contribution in [0.5, 0.6) is 5.75 Å². The van der Waals surface area contributed by atoms with Crippen LogP contribution in [0.2, 0.25) is 0 Å². The van der Waals surface area contributed by atoms with Crippen LogP contribution < -0.4 is 4.74 Å². The van der Waals surface area contributed by atoms with E-state index in [0.29, 0.717) is 24.7 Å². The van der Waals surface area contributed by atoms with Gasteiger partial charge in [0.05, 0.1) is 7.11 Å². The molecule has 1 saturated heterocycles. The first-order chi connectivity index (χ1) is 12.6. The molecule has 5 nitrogen and oxygen atoms in total. The third-order valence-corrected chi connectivity index (χ3v) is 5.75. The van der Waals surface area contributed by atoms with Crippen LogP contribution in [0.4, 0.5) is 4.39 Å². The quantitative estimate of drug-likeness (QED) is 0.869. The van der Waals surface area contributed by atoms with Gasteiger partial charge in [0, 0.05) is 25.7 Å². The van der Waals surface area contributed by atoms with Gasteiger partial charge in [-0.15, -0.1) is 0 Å². The second-order valence-electron chi connectivity index (χ2n) is 7.35.